The highest BCUT2D eigenvalue weighted by Gasteiger charge is 2.08. The van der Waals surface area contributed by atoms with Crippen molar-refractivity contribution in [2.24, 2.45) is 0 Å². The van der Waals surface area contributed by atoms with Crippen LogP contribution in [0.5, 0.6) is 5.75 Å². The zero-order valence-corrected chi connectivity index (χ0v) is 13.7. The molecule has 0 unspecified atom stereocenters. The highest BCUT2D eigenvalue weighted by Crippen LogP contribution is 2.28. The average molecular weight is 321 g/mol. The normalized spacial score (nSPS) is 10.9. The summed E-state index contributed by atoms with van der Waals surface area (Å²) in [5.41, 5.74) is 2.42. The van der Waals surface area contributed by atoms with Gasteiger partial charge in [-0.3, -0.25) is 0 Å². The van der Waals surface area contributed by atoms with Crippen LogP contribution in [0.4, 0.5) is 0 Å². The molecule has 0 saturated carbocycles. The van der Waals surface area contributed by atoms with E-state index in [1.54, 1.807) is 0 Å². The lowest BCUT2D eigenvalue weighted by molar-refractivity contribution is 0.290. The maximum Gasteiger partial charge on any atom is 0.124 e. The number of rotatable bonds is 8. The molecular weight excluding hydrogens is 298 g/mol. The Bertz CT molecular complexity index is 771. The molecule has 0 atom stereocenters. The minimum Gasteiger partial charge on any atom is -0.493 e. The van der Waals surface area contributed by atoms with Crippen LogP contribution in [0.25, 0.3) is 10.8 Å². The second kappa shape index (κ2) is 8.48. The molecule has 3 rings (SSSR count). The van der Waals surface area contributed by atoms with E-state index in [4.69, 9.17) is 9.84 Å². The number of hydrogen-bond acceptors (Lipinski definition) is 3. The van der Waals surface area contributed by atoms with E-state index in [1.165, 1.54) is 16.3 Å². The molecule has 0 aromatic heterocycles. The molecule has 0 heterocycles. The Labute approximate surface area is 142 Å². The van der Waals surface area contributed by atoms with E-state index in [1.807, 2.05) is 24.3 Å². The van der Waals surface area contributed by atoms with Crippen LogP contribution in [-0.4, -0.2) is 24.9 Å². The van der Waals surface area contributed by atoms with Gasteiger partial charge >= 0.3 is 0 Å². The van der Waals surface area contributed by atoms with E-state index >= 15 is 0 Å². The first-order valence-corrected chi connectivity index (χ1v) is 8.37. The monoisotopic (exact) mass is 321 g/mol. The summed E-state index contributed by atoms with van der Waals surface area (Å²) in [7, 11) is 0. The van der Waals surface area contributed by atoms with Gasteiger partial charge in [0.25, 0.3) is 0 Å². The number of aliphatic hydroxyl groups excluding tert-OH is 1. The van der Waals surface area contributed by atoms with Gasteiger partial charge in [-0.15, -0.1) is 0 Å². The van der Waals surface area contributed by atoms with Crippen molar-refractivity contribution in [3.8, 4) is 5.75 Å². The van der Waals surface area contributed by atoms with Gasteiger partial charge < -0.3 is 15.2 Å². The van der Waals surface area contributed by atoms with Crippen LogP contribution in [0.15, 0.2) is 66.7 Å². The summed E-state index contributed by atoms with van der Waals surface area (Å²) in [4.78, 5) is 0. The molecule has 0 fully saturated rings. The number of aliphatic hydroxyl groups is 1. The molecule has 0 amide bonds. The number of fused-ring (bicyclic) bond motifs is 1. The fraction of sp³-hybridized carbons (Fsp3) is 0.238. The van der Waals surface area contributed by atoms with Crippen molar-refractivity contribution in [3.05, 3.63) is 77.9 Å². The zero-order chi connectivity index (χ0) is 16.6. The Hall–Kier alpha value is -2.36. The van der Waals surface area contributed by atoms with Gasteiger partial charge in [-0.2, -0.15) is 0 Å². The molecule has 24 heavy (non-hydrogen) atoms. The van der Waals surface area contributed by atoms with Gasteiger partial charge in [0, 0.05) is 25.1 Å². The molecule has 0 aliphatic rings. The lowest BCUT2D eigenvalue weighted by atomic mass is 10.0. The molecule has 3 aromatic rings. The maximum atomic E-state index is 9.00. The standard InChI is InChI=1S/C21H23NO2/c23-14-13-22-16-20-19-9-5-4-8-18(19)10-11-21(20)24-15-12-17-6-2-1-3-7-17/h1-11,22-23H,12-16H2. The molecule has 3 nitrogen and oxygen atoms in total. The molecule has 3 heteroatoms. The molecular formula is C21H23NO2. The van der Waals surface area contributed by atoms with Gasteiger partial charge in [-0.05, 0) is 22.4 Å². The summed E-state index contributed by atoms with van der Waals surface area (Å²) < 4.78 is 6.08. The third kappa shape index (κ3) is 4.13. The largest absolute Gasteiger partial charge is 0.493 e. The molecule has 0 bridgehead atoms. The molecule has 2 N–H and O–H groups in total. The van der Waals surface area contributed by atoms with Crippen molar-refractivity contribution in [3.63, 3.8) is 0 Å². The summed E-state index contributed by atoms with van der Waals surface area (Å²) in [5, 5.41) is 14.7. The van der Waals surface area contributed by atoms with Crippen molar-refractivity contribution < 1.29 is 9.84 Å². The summed E-state index contributed by atoms with van der Waals surface area (Å²) >= 11 is 0. The fourth-order valence-corrected chi connectivity index (χ4v) is 2.85. The third-order valence-electron chi connectivity index (χ3n) is 4.08. The minimum atomic E-state index is 0.134. The van der Waals surface area contributed by atoms with Crippen LogP contribution in [0, 0.1) is 0 Å². The average Bonchev–Trinajstić information content (AvgIpc) is 2.64. The Morgan fingerprint density at radius 3 is 2.50 bits per heavy atom. The van der Waals surface area contributed by atoms with Crippen LogP contribution < -0.4 is 10.1 Å². The predicted molar refractivity (Wildman–Crippen MR) is 98.4 cm³/mol. The molecule has 0 aliphatic carbocycles. The van der Waals surface area contributed by atoms with Crippen LogP contribution >= 0.6 is 0 Å². The van der Waals surface area contributed by atoms with Gasteiger partial charge in [-0.25, -0.2) is 0 Å². The molecule has 3 aromatic carbocycles. The predicted octanol–water partition coefficient (Wildman–Crippen LogP) is 3.54. The summed E-state index contributed by atoms with van der Waals surface area (Å²) in [6.07, 6.45) is 0.886. The maximum absolute atomic E-state index is 9.00. The van der Waals surface area contributed by atoms with Crippen LogP contribution in [-0.2, 0) is 13.0 Å². The number of ether oxygens (including phenoxy) is 1. The van der Waals surface area contributed by atoms with Crippen molar-refractivity contribution in [2.75, 3.05) is 19.8 Å². The van der Waals surface area contributed by atoms with E-state index in [2.05, 4.69) is 47.8 Å². The summed E-state index contributed by atoms with van der Waals surface area (Å²) in [5.74, 6) is 0.912. The van der Waals surface area contributed by atoms with Gasteiger partial charge in [0.05, 0.1) is 13.2 Å². The zero-order valence-electron chi connectivity index (χ0n) is 13.7. The minimum absolute atomic E-state index is 0.134. The van der Waals surface area contributed by atoms with Gasteiger partial charge in [0.1, 0.15) is 5.75 Å². The Morgan fingerprint density at radius 2 is 1.67 bits per heavy atom. The van der Waals surface area contributed by atoms with Crippen molar-refractivity contribution >= 4 is 10.8 Å². The number of benzene rings is 3. The number of nitrogens with one attached hydrogen (secondary N) is 1. The quantitative estimate of drug-likeness (QED) is 0.624. The summed E-state index contributed by atoms with van der Waals surface area (Å²) in [6, 6.07) is 22.8. The second-order valence-corrected chi connectivity index (χ2v) is 5.75. The molecule has 0 radical (unpaired) electrons. The van der Waals surface area contributed by atoms with Crippen LogP contribution in [0.1, 0.15) is 11.1 Å². The first kappa shape index (κ1) is 16.5. The van der Waals surface area contributed by atoms with Crippen molar-refractivity contribution in [1.82, 2.24) is 5.32 Å². The summed E-state index contributed by atoms with van der Waals surface area (Å²) in [6.45, 7) is 2.04. The topological polar surface area (TPSA) is 41.5 Å². The first-order valence-electron chi connectivity index (χ1n) is 8.37. The Morgan fingerprint density at radius 1 is 0.875 bits per heavy atom. The highest BCUT2D eigenvalue weighted by molar-refractivity contribution is 5.87. The van der Waals surface area contributed by atoms with Crippen molar-refractivity contribution in [1.29, 1.82) is 0 Å². The third-order valence-corrected chi connectivity index (χ3v) is 4.08. The molecule has 124 valence electrons. The van der Waals surface area contributed by atoms with E-state index in [-0.39, 0.29) is 6.61 Å². The van der Waals surface area contributed by atoms with Gasteiger partial charge in [-0.1, -0.05) is 60.7 Å². The fourth-order valence-electron chi connectivity index (χ4n) is 2.85. The first-order chi connectivity index (χ1) is 11.9. The van der Waals surface area contributed by atoms with E-state index in [0.717, 1.165) is 17.7 Å². The lowest BCUT2D eigenvalue weighted by Gasteiger charge is -2.15. The number of hydrogen-bond donors (Lipinski definition) is 2. The SMILES string of the molecule is OCCNCc1c(OCCc2ccccc2)ccc2ccccc12. The second-order valence-electron chi connectivity index (χ2n) is 5.75. The van der Waals surface area contributed by atoms with Gasteiger partial charge in [0.2, 0.25) is 0 Å². The Balaban J connectivity index is 1.76. The van der Waals surface area contributed by atoms with Crippen molar-refractivity contribution in [2.45, 2.75) is 13.0 Å². The molecule has 0 spiro atoms. The van der Waals surface area contributed by atoms with E-state index in [0.29, 0.717) is 19.7 Å². The molecule has 0 saturated heterocycles. The van der Waals surface area contributed by atoms with Crippen LogP contribution in [0.2, 0.25) is 0 Å². The lowest BCUT2D eigenvalue weighted by Crippen LogP contribution is -2.18. The van der Waals surface area contributed by atoms with E-state index in [9.17, 15) is 0 Å². The highest BCUT2D eigenvalue weighted by atomic mass is 16.5. The van der Waals surface area contributed by atoms with E-state index < -0.39 is 0 Å². The van der Waals surface area contributed by atoms with Crippen LogP contribution in [0.3, 0.4) is 0 Å². The Kier molecular flexibility index (Phi) is 5.83. The molecule has 0 aliphatic heterocycles. The van der Waals surface area contributed by atoms with Gasteiger partial charge in [0.15, 0.2) is 0 Å². The smallest absolute Gasteiger partial charge is 0.124 e.